The Kier molecular flexibility index (Phi) is 8.64. The molecule has 0 saturated carbocycles. The number of rotatable bonds is 10. The molecule has 0 saturated heterocycles. The molecule has 10 heteroatoms. The molecule has 188 valence electrons. The van der Waals surface area contributed by atoms with Gasteiger partial charge in [0, 0.05) is 5.92 Å². The second-order valence-corrected chi connectivity index (χ2v) is 8.63. The molecule has 10 nitrogen and oxygen atoms in total. The zero-order valence-corrected chi connectivity index (χ0v) is 19.7. The van der Waals surface area contributed by atoms with Crippen molar-refractivity contribution < 1.29 is 38.1 Å². The zero-order chi connectivity index (χ0) is 25.5. The van der Waals surface area contributed by atoms with Gasteiger partial charge in [0.25, 0.3) is 6.29 Å². The summed E-state index contributed by atoms with van der Waals surface area (Å²) in [6, 6.07) is 8.34. The maximum absolute atomic E-state index is 12.6. The van der Waals surface area contributed by atoms with Crippen molar-refractivity contribution in [1.82, 2.24) is 0 Å². The van der Waals surface area contributed by atoms with Gasteiger partial charge in [0.05, 0.1) is 37.2 Å². The molecule has 1 amide bonds. The molecule has 0 fully saturated rings. The number of carbonyl (C=O) groups excluding carboxylic acids is 4. The molecule has 0 spiro atoms. The van der Waals surface area contributed by atoms with Gasteiger partial charge in [-0.1, -0.05) is 43.3 Å². The number of methoxy groups -OCH3 is 1. The lowest BCUT2D eigenvalue weighted by atomic mass is 9.83. The average molecular weight is 487 g/mol. The van der Waals surface area contributed by atoms with Crippen LogP contribution in [-0.4, -0.2) is 49.9 Å². The summed E-state index contributed by atoms with van der Waals surface area (Å²) in [5.41, 5.74) is 12.7. The highest BCUT2D eigenvalue weighted by atomic mass is 16.7. The number of allylic oxidation sites excluding steroid dienone is 1. The number of amides is 1. The van der Waals surface area contributed by atoms with Crippen molar-refractivity contribution >= 4 is 23.8 Å². The van der Waals surface area contributed by atoms with Crippen LogP contribution in [0.5, 0.6) is 0 Å². The first-order chi connectivity index (χ1) is 16.7. The highest BCUT2D eigenvalue weighted by Crippen LogP contribution is 2.44. The quantitative estimate of drug-likeness (QED) is 0.281. The van der Waals surface area contributed by atoms with Crippen molar-refractivity contribution in [2.75, 3.05) is 13.7 Å². The molecule has 0 aromatic heterocycles. The number of esters is 3. The fourth-order valence-corrected chi connectivity index (χ4v) is 4.24. The number of hydrogen-bond donors (Lipinski definition) is 2. The van der Waals surface area contributed by atoms with E-state index in [-0.39, 0.29) is 30.5 Å². The highest BCUT2D eigenvalue weighted by Gasteiger charge is 2.46. The second-order valence-electron chi connectivity index (χ2n) is 8.63. The van der Waals surface area contributed by atoms with Gasteiger partial charge in [0.1, 0.15) is 12.6 Å². The Morgan fingerprint density at radius 1 is 1.14 bits per heavy atom. The molecule has 3 rings (SSSR count). The minimum absolute atomic E-state index is 0.0572. The van der Waals surface area contributed by atoms with E-state index in [0.29, 0.717) is 18.4 Å². The average Bonchev–Trinajstić information content (AvgIpc) is 3.26. The lowest BCUT2D eigenvalue weighted by Crippen LogP contribution is -2.43. The Morgan fingerprint density at radius 2 is 1.86 bits per heavy atom. The van der Waals surface area contributed by atoms with E-state index in [4.69, 9.17) is 30.4 Å². The second kappa shape index (κ2) is 11.7. The number of carbonyl (C=O) groups is 4. The maximum atomic E-state index is 12.6. The molecule has 1 aromatic carbocycles. The summed E-state index contributed by atoms with van der Waals surface area (Å²) in [6.45, 7) is 1.73. The van der Waals surface area contributed by atoms with Crippen LogP contribution < -0.4 is 11.5 Å². The lowest BCUT2D eigenvalue weighted by molar-refractivity contribution is -0.184. The lowest BCUT2D eigenvalue weighted by Gasteiger charge is -2.34. The molecular weight excluding hydrogens is 456 g/mol. The van der Waals surface area contributed by atoms with Crippen LogP contribution in [0.4, 0.5) is 0 Å². The summed E-state index contributed by atoms with van der Waals surface area (Å²) in [6.07, 6.45) is 2.48. The number of ether oxygens (including phenoxy) is 4. The smallest absolute Gasteiger partial charge is 0.337 e. The monoisotopic (exact) mass is 486 g/mol. The van der Waals surface area contributed by atoms with Crippen LogP contribution in [0.2, 0.25) is 0 Å². The molecule has 1 aliphatic carbocycles. The molecule has 0 radical (unpaired) electrons. The van der Waals surface area contributed by atoms with Gasteiger partial charge in [0.2, 0.25) is 5.91 Å². The number of primary amides is 1. The minimum Gasteiger partial charge on any atom is -0.466 e. The fourth-order valence-electron chi connectivity index (χ4n) is 4.24. The molecular formula is C25H30N2O8. The van der Waals surface area contributed by atoms with Gasteiger partial charge in [-0.15, -0.1) is 0 Å². The van der Waals surface area contributed by atoms with Gasteiger partial charge in [-0.3, -0.25) is 14.4 Å². The van der Waals surface area contributed by atoms with E-state index in [1.54, 1.807) is 6.92 Å². The van der Waals surface area contributed by atoms with Crippen molar-refractivity contribution in [3.05, 3.63) is 59.4 Å². The molecule has 1 aliphatic heterocycles. The SMILES string of the molecule is COC(=O)C1=CO[C@@H](OC(=O)[C@@H](N)CC(N)=O)[C@@H]2C(COC(=O)[C@@H](C)Cc3ccccc3)=CC[C@H]12. The molecule has 35 heavy (non-hydrogen) atoms. The summed E-state index contributed by atoms with van der Waals surface area (Å²) in [5, 5.41) is 0. The molecule has 1 aromatic rings. The molecule has 1 heterocycles. The molecule has 0 bridgehead atoms. The first-order valence-corrected chi connectivity index (χ1v) is 11.3. The van der Waals surface area contributed by atoms with Crippen LogP contribution in [0.1, 0.15) is 25.3 Å². The van der Waals surface area contributed by atoms with Crippen LogP contribution in [0.25, 0.3) is 0 Å². The van der Waals surface area contributed by atoms with Crippen LogP contribution in [0.15, 0.2) is 53.8 Å². The van der Waals surface area contributed by atoms with Crippen LogP contribution in [-0.2, 0) is 44.5 Å². The summed E-state index contributed by atoms with van der Waals surface area (Å²) in [7, 11) is 1.26. The number of fused-ring (bicyclic) bond motifs is 1. The maximum Gasteiger partial charge on any atom is 0.337 e. The summed E-state index contributed by atoms with van der Waals surface area (Å²) in [5.74, 6) is -3.95. The minimum atomic E-state index is -1.26. The highest BCUT2D eigenvalue weighted by molar-refractivity contribution is 5.89. The fraction of sp³-hybridized carbons (Fsp3) is 0.440. The Morgan fingerprint density at radius 3 is 2.51 bits per heavy atom. The van der Waals surface area contributed by atoms with Crippen LogP contribution in [0, 0.1) is 17.8 Å². The van der Waals surface area contributed by atoms with E-state index in [0.717, 1.165) is 5.56 Å². The Labute approximate surface area is 203 Å². The van der Waals surface area contributed by atoms with Crippen molar-refractivity contribution in [1.29, 1.82) is 0 Å². The third-order valence-electron chi connectivity index (χ3n) is 6.06. The zero-order valence-electron chi connectivity index (χ0n) is 19.7. The first kappa shape index (κ1) is 26.0. The van der Waals surface area contributed by atoms with Crippen molar-refractivity contribution in [2.45, 2.75) is 38.5 Å². The first-order valence-electron chi connectivity index (χ1n) is 11.3. The van der Waals surface area contributed by atoms with Crippen molar-refractivity contribution in [3.63, 3.8) is 0 Å². The molecule has 2 aliphatic rings. The van der Waals surface area contributed by atoms with Crippen molar-refractivity contribution in [3.8, 4) is 0 Å². The normalized spacial score (nSPS) is 22.4. The molecule has 4 N–H and O–H groups in total. The largest absolute Gasteiger partial charge is 0.466 e. The van der Waals surface area contributed by atoms with Gasteiger partial charge >= 0.3 is 17.9 Å². The summed E-state index contributed by atoms with van der Waals surface area (Å²) >= 11 is 0. The number of hydrogen-bond acceptors (Lipinski definition) is 9. The predicted octanol–water partition coefficient (Wildman–Crippen LogP) is 1.13. The van der Waals surface area contributed by atoms with E-state index in [9.17, 15) is 19.2 Å². The van der Waals surface area contributed by atoms with Crippen molar-refractivity contribution in [2.24, 2.45) is 29.2 Å². The topological polar surface area (TPSA) is 157 Å². The number of benzene rings is 1. The van der Waals surface area contributed by atoms with E-state index in [1.165, 1.54) is 13.4 Å². The third-order valence-corrected chi connectivity index (χ3v) is 6.06. The Bertz CT molecular complexity index is 1020. The molecule has 5 atom stereocenters. The van der Waals surface area contributed by atoms with Crippen LogP contribution >= 0.6 is 0 Å². The van der Waals surface area contributed by atoms with E-state index < -0.39 is 42.0 Å². The Hall–Kier alpha value is -3.66. The van der Waals surface area contributed by atoms with Gasteiger partial charge in [0.15, 0.2) is 0 Å². The van der Waals surface area contributed by atoms with Crippen LogP contribution in [0.3, 0.4) is 0 Å². The molecule has 0 unspecified atom stereocenters. The Balaban J connectivity index is 1.69. The van der Waals surface area contributed by atoms with Gasteiger partial charge in [-0.25, -0.2) is 4.79 Å². The van der Waals surface area contributed by atoms with Gasteiger partial charge < -0.3 is 30.4 Å². The van der Waals surface area contributed by atoms with Gasteiger partial charge in [-0.05, 0) is 24.0 Å². The van der Waals surface area contributed by atoms with E-state index in [2.05, 4.69) is 0 Å². The summed E-state index contributed by atoms with van der Waals surface area (Å²) in [4.78, 5) is 48.4. The van der Waals surface area contributed by atoms with E-state index in [1.807, 2.05) is 36.4 Å². The summed E-state index contributed by atoms with van der Waals surface area (Å²) < 4.78 is 21.4. The third kappa shape index (κ3) is 6.48. The van der Waals surface area contributed by atoms with Gasteiger partial charge in [-0.2, -0.15) is 0 Å². The van der Waals surface area contributed by atoms with E-state index >= 15 is 0 Å². The number of nitrogens with two attached hydrogens (primary N) is 2. The standard InChI is InChI=1S/C25H30N2O8/c1-14(10-15-6-4-3-5-7-15)22(29)33-12-16-8-9-17-18(23(30)32-2)13-34-25(21(16)17)35-24(31)19(26)11-20(27)28/h3-8,13-14,17,19,21,25H,9-12,26H2,1-2H3,(H2,27,28)/t14-,17+,19-,21+,25-/m0/s1. The predicted molar refractivity (Wildman–Crippen MR) is 123 cm³/mol.